The summed E-state index contributed by atoms with van der Waals surface area (Å²) in [4.78, 5) is 25.9. The lowest BCUT2D eigenvalue weighted by molar-refractivity contribution is 0.135. The molecule has 0 spiro atoms. The van der Waals surface area contributed by atoms with E-state index in [2.05, 4.69) is 5.10 Å². The summed E-state index contributed by atoms with van der Waals surface area (Å²) in [6.45, 7) is 0.770. The maximum absolute atomic E-state index is 13.0. The molecule has 4 rings (SSSR count). The van der Waals surface area contributed by atoms with Gasteiger partial charge < -0.3 is 14.7 Å². The molecule has 1 fully saturated rings. The van der Waals surface area contributed by atoms with Crippen molar-refractivity contribution in [2.24, 2.45) is 0 Å². The molecule has 1 aromatic heterocycles. The van der Waals surface area contributed by atoms with Gasteiger partial charge in [-0.05, 0) is 36.6 Å². The van der Waals surface area contributed by atoms with Crippen LogP contribution in [0.4, 0.5) is 4.79 Å². The first-order valence-electron chi connectivity index (χ1n) is 9.68. The molecule has 1 N–H and O–H groups in total. The SMILES string of the molecule is COc1ccc(Cc2nn(C[C@H]3CCCN3C(=O)O)c(=O)c3ccccc23)cc1. The van der Waals surface area contributed by atoms with Crippen LogP contribution in [0.2, 0.25) is 0 Å². The van der Waals surface area contributed by atoms with Gasteiger partial charge >= 0.3 is 6.09 Å². The lowest BCUT2D eigenvalue weighted by Crippen LogP contribution is -2.40. The Kier molecular flexibility index (Phi) is 5.20. The van der Waals surface area contributed by atoms with Crippen LogP contribution in [0.5, 0.6) is 5.75 Å². The van der Waals surface area contributed by atoms with E-state index in [9.17, 15) is 14.7 Å². The number of hydrogen-bond acceptors (Lipinski definition) is 4. The number of carboxylic acid groups (broad SMARTS) is 1. The van der Waals surface area contributed by atoms with E-state index in [0.29, 0.717) is 18.4 Å². The molecule has 0 saturated carbocycles. The Morgan fingerprint density at radius 1 is 1.17 bits per heavy atom. The van der Waals surface area contributed by atoms with Gasteiger partial charge in [0, 0.05) is 18.4 Å². The van der Waals surface area contributed by atoms with E-state index in [1.165, 1.54) is 9.58 Å². The minimum Gasteiger partial charge on any atom is -0.497 e. The van der Waals surface area contributed by atoms with Crippen molar-refractivity contribution >= 4 is 16.9 Å². The van der Waals surface area contributed by atoms with Crippen molar-refractivity contribution in [1.82, 2.24) is 14.7 Å². The topological polar surface area (TPSA) is 84.7 Å². The molecule has 0 bridgehead atoms. The fourth-order valence-electron chi connectivity index (χ4n) is 3.97. The second kappa shape index (κ2) is 7.95. The number of likely N-dealkylation sites (tertiary alicyclic amines) is 1. The average Bonchev–Trinajstić information content (AvgIpc) is 3.20. The lowest BCUT2D eigenvalue weighted by atomic mass is 10.0. The molecule has 29 heavy (non-hydrogen) atoms. The summed E-state index contributed by atoms with van der Waals surface area (Å²) in [5.74, 6) is 0.784. The molecular weight excluding hydrogens is 370 g/mol. The minimum absolute atomic E-state index is 0.184. The molecule has 1 aliphatic rings. The number of nitrogens with zero attached hydrogens (tertiary/aromatic N) is 3. The molecule has 7 nitrogen and oxygen atoms in total. The van der Waals surface area contributed by atoms with E-state index in [0.717, 1.165) is 35.2 Å². The van der Waals surface area contributed by atoms with E-state index in [1.807, 2.05) is 42.5 Å². The van der Waals surface area contributed by atoms with Crippen LogP contribution in [0.3, 0.4) is 0 Å². The highest BCUT2D eigenvalue weighted by atomic mass is 16.5. The molecule has 1 amide bonds. The number of methoxy groups -OCH3 is 1. The first-order chi connectivity index (χ1) is 14.1. The molecule has 1 saturated heterocycles. The number of rotatable bonds is 5. The third-order valence-corrected chi connectivity index (χ3v) is 5.48. The molecule has 2 aromatic carbocycles. The third-order valence-electron chi connectivity index (χ3n) is 5.48. The number of fused-ring (bicyclic) bond motifs is 1. The highest BCUT2D eigenvalue weighted by Gasteiger charge is 2.29. The van der Waals surface area contributed by atoms with Crippen molar-refractivity contribution < 1.29 is 14.6 Å². The zero-order valence-electron chi connectivity index (χ0n) is 16.2. The summed E-state index contributed by atoms with van der Waals surface area (Å²) in [5, 5.41) is 15.5. The summed E-state index contributed by atoms with van der Waals surface area (Å²) in [6.07, 6.45) is 1.16. The molecule has 1 aliphatic heterocycles. The van der Waals surface area contributed by atoms with Crippen LogP contribution in [0.15, 0.2) is 53.3 Å². The van der Waals surface area contributed by atoms with Gasteiger partial charge in [-0.25, -0.2) is 9.48 Å². The minimum atomic E-state index is -0.945. The summed E-state index contributed by atoms with van der Waals surface area (Å²) < 4.78 is 6.65. The van der Waals surface area contributed by atoms with E-state index in [1.54, 1.807) is 13.2 Å². The van der Waals surface area contributed by atoms with E-state index in [4.69, 9.17) is 4.74 Å². The second-order valence-corrected chi connectivity index (χ2v) is 7.28. The fraction of sp³-hybridized carbons (Fsp3) is 0.318. The van der Waals surface area contributed by atoms with E-state index >= 15 is 0 Å². The Morgan fingerprint density at radius 3 is 2.59 bits per heavy atom. The van der Waals surface area contributed by atoms with Crippen molar-refractivity contribution in [3.05, 3.63) is 70.1 Å². The molecule has 1 atom stereocenters. The van der Waals surface area contributed by atoms with Gasteiger partial charge in [0.2, 0.25) is 0 Å². The molecule has 0 aliphatic carbocycles. The number of carbonyl (C=O) groups is 1. The van der Waals surface area contributed by atoms with Gasteiger partial charge in [-0.1, -0.05) is 30.3 Å². The van der Waals surface area contributed by atoms with Crippen LogP contribution in [0.1, 0.15) is 24.1 Å². The number of benzene rings is 2. The third kappa shape index (κ3) is 3.81. The maximum Gasteiger partial charge on any atom is 0.407 e. The molecule has 3 aromatic rings. The number of hydrogen-bond donors (Lipinski definition) is 1. The van der Waals surface area contributed by atoms with Gasteiger partial charge in [0.25, 0.3) is 5.56 Å². The Hall–Kier alpha value is -3.35. The van der Waals surface area contributed by atoms with Crippen molar-refractivity contribution in [3.8, 4) is 5.75 Å². The quantitative estimate of drug-likeness (QED) is 0.720. The number of amides is 1. The molecule has 0 radical (unpaired) electrons. The largest absolute Gasteiger partial charge is 0.497 e. The zero-order chi connectivity index (χ0) is 20.4. The predicted molar refractivity (Wildman–Crippen MR) is 110 cm³/mol. The first-order valence-corrected chi connectivity index (χ1v) is 9.68. The summed E-state index contributed by atoms with van der Waals surface area (Å²) in [7, 11) is 1.63. The smallest absolute Gasteiger partial charge is 0.407 e. The Balaban J connectivity index is 1.72. The lowest BCUT2D eigenvalue weighted by Gasteiger charge is -2.22. The van der Waals surface area contributed by atoms with Gasteiger partial charge in [-0.2, -0.15) is 5.10 Å². The molecular formula is C22H23N3O4. The Bertz CT molecular complexity index is 1090. The fourth-order valence-corrected chi connectivity index (χ4v) is 3.97. The van der Waals surface area contributed by atoms with Crippen LogP contribution in [0, 0.1) is 0 Å². The highest BCUT2D eigenvalue weighted by molar-refractivity contribution is 5.83. The van der Waals surface area contributed by atoms with E-state index < -0.39 is 6.09 Å². The van der Waals surface area contributed by atoms with Crippen molar-refractivity contribution in [2.45, 2.75) is 31.8 Å². The number of aromatic nitrogens is 2. The maximum atomic E-state index is 13.0. The van der Waals surface area contributed by atoms with Gasteiger partial charge in [0.1, 0.15) is 5.75 Å². The monoisotopic (exact) mass is 393 g/mol. The second-order valence-electron chi connectivity index (χ2n) is 7.28. The zero-order valence-corrected chi connectivity index (χ0v) is 16.2. The van der Waals surface area contributed by atoms with Crippen molar-refractivity contribution in [1.29, 1.82) is 0 Å². The normalized spacial score (nSPS) is 16.3. The van der Waals surface area contributed by atoms with Crippen LogP contribution >= 0.6 is 0 Å². The Labute approximate surface area is 168 Å². The van der Waals surface area contributed by atoms with Gasteiger partial charge in [-0.3, -0.25) is 4.79 Å². The molecule has 2 heterocycles. The summed E-state index contributed by atoms with van der Waals surface area (Å²) in [6, 6.07) is 15.0. The van der Waals surface area contributed by atoms with Crippen LogP contribution in [0.25, 0.3) is 10.8 Å². The van der Waals surface area contributed by atoms with Crippen LogP contribution in [-0.4, -0.2) is 45.6 Å². The predicted octanol–water partition coefficient (Wildman–Crippen LogP) is 3.14. The van der Waals surface area contributed by atoms with Gasteiger partial charge in [0.05, 0.1) is 30.8 Å². The summed E-state index contributed by atoms with van der Waals surface area (Å²) in [5.41, 5.74) is 1.67. The standard InChI is InChI=1S/C22H23N3O4/c1-29-17-10-8-15(9-11-17)13-20-18-6-2-3-7-19(18)21(26)25(23-20)14-16-5-4-12-24(16)22(27)28/h2-3,6-11,16H,4-5,12-14H2,1H3,(H,27,28)/t16-/m1/s1. The van der Waals surface area contributed by atoms with Crippen LogP contribution < -0.4 is 10.3 Å². The van der Waals surface area contributed by atoms with Gasteiger partial charge in [-0.15, -0.1) is 0 Å². The molecule has 150 valence electrons. The Morgan fingerprint density at radius 2 is 1.90 bits per heavy atom. The van der Waals surface area contributed by atoms with Crippen LogP contribution in [-0.2, 0) is 13.0 Å². The van der Waals surface area contributed by atoms with Crippen molar-refractivity contribution in [2.75, 3.05) is 13.7 Å². The number of ether oxygens (including phenoxy) is 1. The van der Waals surface area contributed by atoms with E-state index in [-0.39, 0.29) is 18.1 Å². The average molecular weight is 393 g/mol. The highest BCUT2D eigenvalue weighted by Crippen LogP contribution is 2.21. The first kappa shape index (κ1) is 19.0. The molecule has 7 heteroatoms. The van der Waals surface area contributed by atoms with Crippen molar-refractivity contribution in [3.63, 3.8) is 0 Å². The molecule has 0 unspecified atom stereocenters. The summed E-state index contributed by atoms with van der Waals surface area (Å²) >= 11 is 0. The van der Waals surface area contributed by atoms with Gasteiger partial charge in [0.15, 0.2) is 0 Å².